The fourth-order valence-electron chi connectivity index (χ4n) is 11.9. The summed E-state index contributed by atoms with van der Waals surface area (Å²) in [5.74, 6) is 0.375. The molecule has 0 amide bonds. The maximum atomic E-state index is 2.52. The Morgan fingerprint density at radius 3 is 1.69 bits per heavy atom. The molecular formula is C63H44N2. The lowest BCUT2D eigenvalue weighted by atomic mass is 9.82. The van der Waals surface area contributed by atoms with Crippen LogP contribution in [0.5, 0.6) is 0 Å². The highest BCUT2D eigenvalue weighted by Crippen LogP contribution is 2.51. The summed E-state index contributed by atoms with van der Waals surface area (Å²) in [6.07, 6.45) is 9.99. The number of hydrogen-bond donors (Lipinski definition) is 0. The van der Waals surface area contributed by atoms with Crippen LogP contribution in [0, 0.1) is 0 Å². The van der Waals surface area contributed by atoms with Crippen molar-refractivity contribution < 1.29 is 0 Å². The van der Waals surface area contributed by atoms with Crippen LogP contribution in [0.15, 0.2) is 212 Å². The predicted octanol–water partition coefficient (Wildman–Crippen LogP) is 16.9. The van der Waals surface area contributed by atoms with Crippen LogP contribution in [0.4, 0.5) is 0 Å². The molecule has 2 heterocycles. The van der Waals surface area contributed by atoms with Crippen molar-refractivity contribution in [3.63, 3.8) is 0 Å². The molecule has 2 aliphatic rings. The van der Waals surface area contributed by atoms with Gasteiger partial charge in [-0.1, -0.05) is 159 Å². The first kappa shape index (κ1) is 36.5. The highest BCUT2D eigenvalue weighted by atomic mass is 15.0. The lowest BCUT2D eigenvalue weighted by molar-refractivity contribution is 0.661. The quantitative estimate of drug-likeness (QED) is 0.156. The summed E-state index contributed by atoms with van der Waals surface area (Å²) in [7, 11) is 0. The monoisotopic (exact) mass is 828 g/mol. The van der Waals surface area contributed by atoms with Gasteiger partial charge in [-0.25, -0.2) is 0 Å². The van der Waals surface area contributed by atoms with E-state index >= 15 is 0 Å². The first-order valence-electron chi connectivity index (χ1n) is 23.0. The van der Waals surface area contributed by atoms with E-state index in [1.54, 1.807) is 0 Å². The van der Waals surface area contributed by atoms with Gasteiger partial charge in [0.15, 0.2) is 0 Å². The van der Waals surface area contributed by atoms with E-state index in [-0.39, 0.29) is 5.41 Å². The maximum Gasteiger partial charge on any atom is 0.0544 e. The average Bonchev–Trinajstić information content (AvgIpc) is 3.95. The third kappa shape index (κ3) is 5.23. The zero-order valence-electron chi connectivity index (χ0n) is 36.4. The molecule has 10 aromatic carbocycles. The van der Waals surface area contributed by atoms with E-state index in [9.17, 15) is 0 Å². The summed E-state index contributed by atoms with van der Waals surface area (Å²) in [6.45, 7) is 4.77. The molecular weight excluding hydrogens is 785 g/mol. The average molecular weight is 829 g/mol. The number of para-hydroxylation sites is 1. The Labute approximate surface area is 377 Å². The fraction of sp³-hybridized carbons (Fsp3) is 0.0794. The largest absolute Gasteiger partial charge is 0.309 e. The van der Waals surface area contributed by atoms with Gasteiger partial charge in [0.2, 0.25) is 0 Å². The number of aromatic nitrogens is 2. The second-order valence-corrected chi connectivity index (χ2v) is 18.8. The van der Waals surface area contributed by atoms with Crippen LogP contribution in [-0.2, 0) is 5.41 Å². The predicted molar refractivity (Wildman–Crippen MR) is 276 cm³/mol. The summed E-state index contributed by atoms with van der Waals surface area (Å²) in [6, 6.07) is 71.1. The van der Waals surface area contributed by atoms with Gasteiger partial charge in [-0.05, 0) is 144 Å². The van der Waals surface area contributed by atoms with Crippen LogP contribution in [0.2, 0.25) is 0 Å². The van der Waals surface area contributed by atoms with Crippen LogP contribution >= 0.6 is 0 Å². The van der Waals surface area contributed by atoms with E-state index in [0.717, 1.165) is 6.42 Å². The van der Waals surface area contributed by atoms with E-state index in [0.29, 0.717) is 5.92 Å². The third-order valence-electron chi connectivity index (χ3n) is 15.0. The van der Waals surface area contributed by atoms with Gasteiger partial charge < -0.3 is 9.13 Å². The minimum absolute atomic E-state index is 0.1000. The number of fused-ring (bicyclic) bond motifs is 15. The van der Waals surface area contributed by atoms with Crippen molar-refractivity contribution in [2.75, 3.05) is 0 Å². The molecule has 0 bridgehead atoms. The molecule has 65 heavy (non-hydrogen) atoms. The normalized spacial score (nSPS) is 15.3. The maximum absolute atomic E-state index is 2.52. The van der Waals surface area contributed by atoms with Gasteiger partial charge in [-0.15, -0.1) is 0 Å². The Bertz CT molecular complexity index is 4040. The van der Waals surface area contributed by atoms with Crippen LogP contribution in [-0.4, -0.2) is 9.13 Å². The zero-order chi connectivity index (χ0) is 43.0. The first-order valence-corrected chi connectivity index (χ1v) is 23.0. The summed E-state index contributed by atoms with van der Waals surface area (Å²) < 4.78 is 4.98. The van der Waals surface area contributed by atoms with Gasteiger partial charge in [-0.2, -0.15) is 0 Å². The summed E-state index contributed by atoms with van der Waals surface area (Å²) in [5.41, 5.74) is 16.4. The number of nitrogens with zero attached hydrogens (tertiary/aromatic N) is 2. The number of benzene rings is 10. The lowest BCUT2D eigenvalue weighted by Crippen LogP contribution is -2.15. The first-order chi connectivity index (χ1) is 32.0. The zero-order valence-corrected chi connectivity index (χ0v) is 36.4. The van der Waals surface area contributed by atoms with Crippen LogP contribution in [0.1, 0.15) is 42.9 Å². The van der Waals surface area contributed by atoms with Gasteiger partial charge in [0, 0.05) is 44.3 Å². The molecule has 2 aliphatic carbocycles. The van der Waals surface area contributed by atoms with Gasteiger partial charge >= 0.3 is 0 Å². The van der Waals surface area contributed by atoms with E-state index in [2.05, 4.69) is 235 Å². The highest BCUT2D eigenvalue weighted by Gasteiger charge is 2.36. The molecule has 0 fully saturated rings. The van der Waals surface area contributed by atoms with Gasteiger partial charge in [0.1, 0.15) is 0 Å². The molecule has 14 rings (SSSR count). The molecule has 0 aliphatic heterocycles. The van der Waals surface area contributed by atoms with Gasteiger partial charge in [-0.3, -0.25) is 0 Å². The molecule has 2 aromatic heterocycles. The standard InChI is InChI=1S/C63H44N2/c1-63(2)57-25-12-10-23-50(57)53-37-56-55-35-42(28-32-61(55)65(62(56)38-58(53)63)43-18-14-17-40(33-43)39-15-4-3-5-16-39)41-27-31-60-54(34-41)51-24-11-13-26-59(51)64(60)44-29-30-49-47-21-7-6-19-45(47)46-20-8-9-22-48(46)52(49)36-44/h3-15,17-39H,16H2,1-2H3. The molecule has 2 nitrogen and oxygen atoms in total. The molecule has 1 atom stereocenters. The Morgan fingerprint density at radius 2 is 0.969 bits per heavy atom. The third-order valence-corrected chi connectivity index (χ3v) is 15.0. The molecule has 306 valence electrons. The van der Waals surface area contributed by atoms with Crippen molar-refractivity contribution >= 4 is 75.9 Å². The number of allylic oxidation sites excluding steroid dienone is 4. The van der Waals surface area contributed by atoms with Crippen molar-refractivity contribution in [2.45, 2.75) is 31.6 Å². The van der Waals surface area contributed by atoms with E-state index in [1.807, 2.05) is 0 Å². The Morgan fingerprint density at radius 1 is 0.385 bits per heavy atom. The fourth-order valence-corrected chi connectivity index (χ4v) is 11.9. The van der Waals surface area contributed by atoms with Gasteiger partial charge in [0.05, 0.1) is 22.1 Å². The Hall–Kier alpha value is -7.94. The van der Waals surface area contributed by atoms with E-state index in [1.165, 1.54) is 126 Å². The van der Waals surface area contributed by atoms with E-state index in [4.69, 9.17) is 0 Å². The molecule has 0 N–H and O–H groups in total. The van der Waals surface area contributed by atoms with Crippen LogP contribution in [0.3, 0.4) is 0 Å². The minimum Gasteiger partial charge on any atom is -0.309 e. The molecule has 0 radical (unpaired) electrons. The Balaban J connectivity index is 0.966. The topological polar surface area (TPSA) is 9.86 Å². The van der Waals surface area contributed by atoms with Crippen molar-refractivity contribution in [3.8, 4) is 33.6 Å². The second kappa shape index (κ2) is 13.5. The van der Waals surface area contributed by atoms with Crippen molar-refractivity contribution in [2.24, 2.45) is 0 Å². The molecule has 0 saturated carbocycles. The smallest absolute Gasteiger partial charge is 0.0544 e. The van der Waals surface area contributed by atoms with E-state index < -0.39 is 0 Å². The molecule has 2 heteroatoms. The number of rotatable bonds is 4. The van der Waals surface area contributed by atoms with Crippen molar-refractivity contribution in [1.29, 1.82) is 0 Å². The lowest BCUT2D eigenvalue weighted by Gasteiger charge is -2.22. The molecule has 0 saturated heterocycles. The van der Waals surface area contributed by atoms with Crippen LogP contribution in [0.25, 0.3) is 110 Å². The summed E-state index contributed by atoms with van der Waals surface area (Å²) in [5, 5.41) is 12.8. The van der Waals surface area contributed by atoms with Crippen molar-refractivity contribution in [1.82, 2.24) is 9.13 Å². The molecule has 1 unspecified atom stereocenters. The summed E-state index contributed by atoms with van der Waals surface area (Å²) in [4.78, 5) is 0. The Kier molecular flexibility index (Phi) is 7.61. The highest BCUT2D eigenvalue weighted by molar-refractivity contribution is 6.26. The van der Waals surface area contributed by atoms with Crippen LogP contribution < -0.4 is 0 Å². The molecule has 12 aromatic rings. The minimum atomic E-state index is -0.1000. The number of hydrogen-bond acceptors (Lipinski definition) is 0. The summed E-state index contributed by atoms with van der Waals surface area (Å²) >= 11 is 0. The van der Waals surface area contributed by atoms with Crippen molar-refractivity contribution in [3.05, 3.63) is 229 Å². The molecule has 0 spiro atoms. The van der Waals surface area contributed by atoms with Gasteiger partial charge in [0.25, 0.3) is 0 Å². The second-order valence-electron chi connectivity index (χ2n) is 18.8. The SMILES string of the molecule is CC1(C)c2ccccc2-c2cc3c4cc(-c5ccc6c(c5)c5ccccc5n6-c5ccc6c7ccccc7c7ccccc7c6c5)ccc4n(-c4cccc(C5C=CC=CC5)c4)c3cc21.